The minimum Gasteiger partial charge on any atom is -0.326 e. The molecule has 17 heavy (non-hydrogen) atoms. The van der Waals surface area contributed by atoms with Gasteiger partial charge in [0.1, 0.15) is 0 Å². The number of halogens is 2. The van der Waals surface area contributed by atoms with Crippen LogP contribution in [0.2, 0.25) is 0 Å². The predicted molar refractivity (Wildman–Crippen MR) is 63.8 cm³/mol. The summed E-state index contributed by atoms with van der Waals surface area (Å²) >= 11 is 0. The Morgan fingerprint density at radius 3 is 2.76 bits per heavy atom. The van der Waals surface area contributed by atoms with Crippen LogP contribution in [0.3, 0.4) is 0 Å². The summed E-state index contributed by atoms with van der Waals surface area (Å²) in [6, 6.07) is 6.83. The Hall–Kier alpha value is -1.00. The fraction of sp³-hybridized carbons (Fsp3) is 0.538. The van der Waals surface area contributed by atoms with Gasteiger partial charge < -0.3 is 5.73 Å². The van der Waals surface area contributed by atoms with Crippen LogP contribution in [0.25, 0.3) is 0 Å². The lowest BCUT2D eigenvalue weighted by Gasteiger charge is -2.15. The van der Waals surface area contributed by atoms with E-state index >= 15 is 0 Å². The lowest BCUT2D eigenvalue weighted by molar-refractivity contribution is 0.151. The first-order chi connectivity index (χ1) is 8.06. The van der Waals surface area contributed by atoms with Crippen LogP contribution < -0.4 is 5.73 Å². The second-order valence-corrected chi connectivity index (χ2v) is 4.88. The fourth-order valence-electron chi connectivity index (χ4n) is 2.31. The molecule has 0 spiro atoms. The van der Waals surface area contributed by atoms with Crippen LogP contribution in [0.15, 0.2) is 24.3 Å². The number of nitrogens with zero attached hydrogens (tertiary/aromatic N) is 1. The summed E-state index contributed by atoms with van der Waals surface area (Å²) < 4.78 is 25.1. The van der Waals surface area contributed by atoms with Gasteiger partial charge in [-0.25, -0.2) is 8.78 Å². The zero-order valence-corrected chi connectivity index (χ0v) is 9.94. The maximum atomic E-state index is 12.6. The molecule has 2 atom stereocenters. The van der Waals surface area contributed by atoms with Crippen molar-refractivity contribution in [1.82, 2.24) is 4.90 Å². The molecule has 0 aromatic heterocycles. The number of alkyl halides is 2. The summed E-state index contributed by atoms with van der Waals surface area (Å²) in [6.07, 6.45) is -2.39. The van der Waals surface area contributed by atoms with Crippen molar-refractivity contribution in [1.29, 1.82) is 0 Å². The van der Waals surface area contributed by atoms with E-state index in [9.17, 15) is 8.78 Å². The van der Waals surface area contributed by atoms with Gasteiger partial charge in [0.2, 0.25) is 0 Å². The lowest BCUT2D eigenvalue weighted by Crippen LogP contribution is -2.28. The highest BCUT2D eigenvalue weighted by molar-refractivity contribution is 5.24. The quantitative estimate of drug-likeness (QED) is 0.879. The van der Waals surface area contributed by atoms with Gasteiger partial charge in [0, 0.05) is 31.2 Å². The van der Waals surface area contributed by atoms with E-state index < -0.39 is 6.43 Å². The Bertz CT molecular complexity index is 371. The molecule has 2 nitrogen and oxygen atoms in total. The standard InChI is InChI=1S/C13H18F2N2/c1-9-6-17(8-12(9)16)7-10-3-2-4-11(5-10)13(14)15/h2-5,9,12-13H,6-8,16H2,1H3. The van der Waals surface area contributed by atoms with Crippen molar-refractivity contribution in [3.8, 4) is 0 Å². The number of rotatable bonds is 3. The molecule has 0 amide bonds. The highest BCUT2D eigenvalue weighted by atomic mass is 19.3. The van der Waals surface area contributed by atoms with Crippen molar-refractivity contribution < 1.29 is 8.78 Å². The maximum absolute atomic E-state index is 12.6. The fourth-order valence-corrected chi connectivity index (χ4v) is 2.31. The van der Waals surface area contributed by atoms with Crippen molar-refractivity contribution in [3.05, 3.63) is 35.4 Å². The van der Waals surface area contributed by atoms with Gasteiger partial charge in [-0.05, 0) is 17.5 Å². The summed E-state index contributed by atoms with van der Waals surface area (Å²) in [4.78, 5) is 2.22. The zero-order valence-electron chi connectivity index (χ0n) is 9.94. The van der Waals surface area contributed by atoms with Crippen LogP contribution in [-0.4, -0.2) is 24.0 Å². The first kappa shape index (κ1) is 12.5. The van der Waals surface area contributed by atoms with Gasteiger partial charge in [-0.2, -0.15) is 0 Å². The molecule has 1 aromatic carbocycles. The SMILES string of the molecule is CC1CN(Cc2cccc(C(F)F)c2)CC1N. The molecule has 1 fully saturated rings. The van der Waals surface area contributed by atoms with Gasteiger partial charge in [-0.15, -0.1) is 0 Å². The van der Waals surface area contributed by atoms with Gasteiger partial charge in [-0.3, -0.25) is 4.90 Å². The first-order valence-corrected chi connectivity index (χ1v) is 5.91. The van der Waals surface area contributed by atoms with Crippen LogP contribution in [0.5, 0.6) is 0 Å². The Kier molecular flexibility index (Phi) is 3.74. The van der Waals surface area contributed by atoms with Crippen molar-refractivity contribution in [2.45, 2.75) is 25.9 Å². The van der Waals surface area contributed by atoms with Crippen LogP contribution in [-0.2, 0) is 6.54 Å². The average Bonchev–Trinajstić information content (AvgIpc) is 2.58. The monoisotopic (exact) mass is 240 g/mol. The topological polar surface area (TPSA) is 29.3 Å². The highest BCUT2D eigenvalue weighted by Crippen LogP contribution is 2.22. The van der Waals surface area contributed by atoms with Gasteiger partial charge in [0.25, 0.3) is 6.43 Å². The summed E-state index contributed by atoms with van der Waals surface area (Å²) in [6.45, 7) is 4.62. The Labute approximate surface area is 100 Å². The molecule has 1 heterocycles. The van der Waals surface area contributed by atoms with Crippen molar-refractivity contribution in [3.63, 3.8) is 0 Å². The molecule has 1 aromatic rings. The number of nitrogens with two attached hydrogens (primary N) is 1. The Morgan fingerprint density at radius 2 is 2.18 bits per heavy atom. The molecule has 1 aliphatic heterocycles. The molecule has 0 aliphatic carbocycles. The molecule has 0 bridgehead atoms. The molecular formula is C13H18F2N2. The third kappa shape index (κ3) is 3.01. The summed E-state index contributed by atoms with van der Waals surface area (Å²) in [5.74, 6) is 0.480. The minimum atomic E-state index is -2.39. The van der Waals surface area contributed by atoms with E-state index in [4.69, 9.17) is 5.73 Å². The van der Waals surface area contributed by atoms with Gasteiger partial charge in [0.15, 0.2) is 0 Å². The predicted octanol–water partition coefficient (Wildman–Crippen LogP) is 2.40. The van der Waals surface area contributed by atoms with Crippen LogP contribution in [0.4, 0.5) is 8.78 Å². The van der Waals surface area contributed by atoms with E-state index in [-0.39, 0.29) is 11.6 Å². The molecular weight excluding hydrogens is 222 g/mol. The molecule has 4 heteroatoms. The van der Waals surface area contributed by atoms with Crippen LogP contribution in [0, 0.1) is 5.92 Å². The third-order valence-corrected chi connectivity index (χ3v) is 3.36. The Morgan fingerprint density at radius 1 is 1.41 bits per heavy atom. The minimum absolute atomic E-state index is 0.0963. The zero-order chi connectivity index (χ0) is 12.4. The van der Waals surface area contributed by atoms with Crippen molar-refractivity contribution >= 4 is 0 Å². The van der Waals surface area contributed by atoms with Crippen LogP contribution >= 0.6 is 0 Å². The third-order valence-electron chi connectivity index (χ3n) is 3.36. The highest BCUT2D eigenvalue weighted by Gasteiger charge is 2.26. The van der Waals surface area contributed by atoms with E-state index in [2.05, 4.69) is 11.8 Å². The molecule has 2 N–H and O–H groups in total. The number of likely N-dealkylation sites (tertiary alicyclic amines) is 1. The lowest BCUT2D eigenvalue weighted by atomic mass is 10.1. The average molecular weight is 240 g/mol. The molecule has 0 radical (unpaired) electrons. The number of hydrogen-bond donors (Lipinski definition) is 1. The molecule has 2 rings (SSSR count). The summed E-state index contributed by atoms with van der Waals surface area (Å²) in [5, 5.41) is 0. The Balaban J connectivity index is 2.02. The van der Waals surface area contributed by atoms with E-state index in [0.29, 0.717) is 12.5 Å². The second-order valence-electron chi connectivity index (χ2n) is 4.88. The van der Waals surface area contributed by atoms with Crippen molar-refractivity contribution in [2.24, 2.45) is 11.7 Å². The van der Waals surface area contributed by atoms with E-state index in [1.807, 2.05) is 6.07 Å². The van der Waals surface area contributed by atoms with Crippen molar-refractivity contribution in [2.75, 3.05) is 13.1 Å². The summed E-state index contributed by atoms with van der Waals surface area (Å²) in [7, 11) is 0. The second kappa shape index (κ2) is 5.10. The summed E-state index contributed by atoms with van der Waals surface area (Å²) in [5.41, 5.74) is 6.97. The van der Waals surface area contributed by atoms with Gasteiger partial charge in [-0.1, -0.05) is 25.1 Å². The van der Waals surface area contributed by atoms with Gasteiger partial charge >= 0.3 is 0 Å². The normalized spacial score (nSPS) is 25.7. The largest absolute Gasteiger partial charge is 0.326 e. The van der Waals surface area contributed by atoms with E-state index in [0.717, 1.165) is 18.7 Å². The smallest absolute Gasteiger partial charge is 0.263 e. The maximum Gasteiger partial charge on any atom is 0.263 e. The molecule has 2 unspecified atom stereocenters. The van der Waals surface area contributed by atoms with Gasteiger partial charge in [0.05, 0.1) is 0 Å². The molecule has 94 valence electrons. The molecule has 1 aliphatic rings. The van der Waals surface area contributed by atoms with E-state index in [1.165, 1.54) is 6.07 Å². The molecule has 0 saturated carbocycles. The number of benzene rings is 1. The molecule has 1 saturated heterocycles. The van der Waals surface area contributed by atoms with E-state index in [1.54, 1.807) is 12.1 Å². The number of hydrogen-bond acceptors (Lipinski definition) is 2. The van der Waals surface area contributed by atoms with Crippen LogP contribution in [0.1, 0.15) is 24.5 Å². The first-order valence-electron chi connectivity index (χ1n) is 5.91.